The molecule has 1 N–H and O–H groups in total. The zero-order valence-corrected chi connectivity index (χ0v) is 11.4. The largest absolute Gasteiger partial charge is 0.311 e. The van der Waals surface area contributed by atoms with Gasteiger partial charge in [-0.25, -0.2) is 4.98 Å². The molecule has 0 aliphatic heterocycles. The number of rotatable bonds is 7. The minimum absolute atomic E-state index is 0.924. The van der Waals surface area contributed by atoms with E-state index in [0.717, 1.165) is 13.1 Å². The van der Waals surface area contributed by atoms with Gasteiger partial charge >= 0.3 is 0 Å². The number of nitrogens with one attached hydrogen (secondary N) is 1. The lowest BCUT2D eigenvalue weighted by molar-refractivity contribution is 0.667. The van der Waals surface area contributed by atoms with Gasteiger partial charge in [0.05, 0.1) is 10.7 Å². The molecule has 4 heteroatoms. The van der Waals surface area contributed by atoms with Gasteiger partial charge in [0.1, 0.15) is 0 Å². The lowest BCUT2D eigenvalue weighted by Crippen LogP contribution is -2.16. The fraction of sp³-hybridized carbons (Fsp3) is 0.727. The second kappa shape index (κ2) is 7.25. The third-order valence-electron chi connectivity index (χ3n) is 2.14. The predicted octanol–water partition coefficient (Wildman–Crippen LogP) is 2.99. The molecule has 0 radical (unpaired) electrons. The van der Waals surface area contributed by atoms with Gasteiger partial charge in [-0.2, -0.15) is 11.8 Å². The smallest absolute Gasteiger partial charge is 0.0900 e. The van der Waals surface area contributed by atoms with Crippen LogP contribution in [0, 0.1) is 13.8 Å². The van der Waals surface area contributed by atoms with Gasteiger partial charge in [0.15, 0.2) is 0 Å². The van der Waals surface area contributed by atoms with E-state index in [1.807, 2.05) is 11.8 Å². The summed E-state index contributed by atoms with van der Waals surface area (Å²) < 4.78 is 0. The van der Waals surface area contributed by atoms with Gasteiger partial charge in [0, 0.05) is 11.4 Å². The number of hydrogen-bond acceptors (Lipinski definition) is 4. The molecule has 0 saturated carbocycles. The van der Waals surface area contributed by atoms with Crippen molar-refractivity contribution < 1.29 is 0 Å². The van der Waals surface area contributed by atoms with Gasteiger partial charge in [-0.3, -0.25) is 0 Å². The van der Waals surface area contributed by atoms with Crippen molar-refractivity contribution in [3.05, 3.63) is 15.6 Å². The highest BCUT2D eigenvalue weighted by molar-refractivity contribution is 7.99. The predicted molar refractivity (Wildman–Crippen MR) is 70.9 cm³/mol. The lowest BCUT2D eigenvalue weighted by atomic mass is 10.3. The van der Waals surface area contributed by atoms with Crippen molar-refractivity contribution in [2.75, 3.05) is 18.1 Å². The number of aryl methyl sites for hydroxylation is 2. The first-order chi connectivity index (χ1) is 7.24. The number of thioether (sulfide) groups is 1. The zero-order valence-electron chi connectivity index (χ0n) is 9.80. The van der Waals surface area contributed by atoms with Gasteiger partial charge < -0.3 is 5.32 Å². The van der Waals surface area contributed by atoms with Crippen LogP contribution in [0.3, 0.4) is 0 Å². The van der Waals surface area contributed by atoms with Gasteiger partial charge in [0.25, 0.3) is 0 Å². The van der Waals surface area contributed by atoms with Crippen molar-refractivity contribution in [1.29, 1.82) is 0 Å². The van der Waals surface area contributed by atoms with E-state index in [4.69, 9.17) is 0 Å². The SMILES string of the molecule is CCSCCCNCc1nc(C)sc1C. The van der Waals surface area contributed by atoms with E-state index < -0.39 is 0 Å². The van der Waals surface area contributed by atoms with Crippen LogP contribution >= 0.6 is 23.1 Å². The molecular weight excluding hydrogens is 224 g/mol. The highest BCUT2D eigenvalue weighted by Gasteiger charge is 2.03. The van der Waals surface area contributed by atoms with Crippen molar-refractivity contribution >= 4 is 23.1 Å². The quantitative estimate of drug-likeness (QED) is 0.746. The van der Waals surface area contributed by atoms with Crippen LogP contribution < -0.4 is 5.32 Å². The fourth-order valence-electron chi connectivity index (χ4n) is 1.39. The molecule has 0 aliphatic rings. The van der Waals surface area contributed by atoms with Crippen LogP contribution in [0.2, 0.25) is 0 Å². The molecule has 0 unspecified atom stereocenters. The minimum atomic E-state index is 0.924. The summed E-state index contributed by atoms with van der Waals surface area (Å²) in [7, 11) is 0. The Balaban J connectivity index is 2.12. The second-order valence-electron chi connectivity index (χ2n) is 3.46. The molecule has 1 aromatic heterocycles. The van der Waals surface area contributed by atoms with E-state index in [2.05, 4.69) is 31.1 Å². The second-order valence-corrected chi connectivity index (χ2v) is 6.26. The van der Waals surface area contributed by atoms with Crippen LogP contribution in [-0.2, 0) is 6.54 Å². The average molecular weight is 244 g/mol. The Kier molecular flexibility index (Phi) is 6.29. The standard InChI is InChI=1S/C11H20N2S2/c1-4-14-7-5-6-12-8-11-9(2)15-10(3)13-11/h12H,4-8H2,1-3H3. The third kappa shape index (κ3) is 5.00. The maximum Gasteiger partial charge on any atom is 0.0900 e. The molecule has 86 valence electrons. The summed E-state index contributed by atoms with van der Waals surface area (Å²) in [5, 5.41) is 4.62. The summed E-state index contributed by atoms with van der Waals surface area (Å²) >= 11 is 3.79. The normalized spacial score (nSPS) is 10.9. The summed E-state index contributed by atoms with van der Waals surface area (Å²) in [5.41, 5.74) is 1.22. The molecule has 0 bridgehead atoms. The molecular formula is C11H20N2S2. The van der Waals surface area contributed by atoms with Crippen LogP contribution in [0.1, 0.15) is 28.9 Å². The van der Waals surface area contributed by atoms with Crippen molar-refractivity contribution in [3.8, 4) is 0 Å². The molecule has 0 aliphatic carbocycles. The van der Waals surface area contributed by atoms with Crippen LogP contribution in [0.15, 0.2) is 0 Å². The Bertz CT molecular complexity index is 284. The van der Waals surface area contributed by atoms with E-state index in [1.54, 1.807) is 11.3 Å². The highest BCUT2D eigenvalue weighted by Crippen LogP contribution is 2.15. The first kappa shape index (κ1) is 13.0. The number of thiazole rings is 1. The first-order valence-electron chi connectivity index (χ1n) is 5.45. The Labute approximate surface area is 101 Å². The van der Waals surface area contributed by atoms with Crippen LogP contribution in [0.5, 0.6) is 0 Å². The summed E-state index contributed by atoms with van der Waals surface area (Å²) in [6, 6.07) is 0. The monoisotopic (exact) mass is 244 g/mol. The molecule has 0 saturated heterocycles. The summed E-state index contributed by atoms with van der Waals surface area (Å²) in [4.78, 5) is 5.84. The van der Waals surface area contributed by atoms with Crippen LogP contribution in [0.4, 0.5) is 0 Å². The molecule has 1 heterocycles. The van der Waals surface area contributed by atoms with Gasteiger partial charge in [-0.05, 0) is 38.3 Å². The van der Waals surface area contributed by atoms with E-state index >= 15 is 0 Å². The number of aromatic nitrogens is 1. The first-order valence-corrected chi connectivity index (χ1v) is 7.42. The molecule has 0 amide bonds. The molecule has 1 aromatic rings. The van der Waals surface area contributed by atoms with Crippen molar-refractivity contribution in [3.63, 3.8) is 0 Å². The van der Waals surface area contributed by atoms with Crippen LogP contribution in [-0.4, -0.2) is 23.0 Å². The van der Waals surface area contributed by atoms with Crippen molar-refractivity contribution in [1.82, 2.24) is 10.3 Å². The summed E-state index contributed by atoms with van der Waals surface area (Å²) in [6.45, 7) is 8.45. The molecule has 2 nitrogen and oxygen atoms in total. The maximum atomic E-state index is 4.49. The van der Waals surface area contributed by atoms with E-state index in [9.17, 15) is 0 Å². The van der Waals surface area contributed by atoms with Gasteiger partial charge in [-0.15, -0.1) is 11.3 Å². The Morgan fingerprint density at radius 2 is 2.20 bits per heavy atom. The van der Waals surface area contributed by atoms with Crippen molar-refractivity contribution in [2.24, 2.45) is 0 Å². The Morgan fingerprint density at radius 3 is 2.80 bits per heavy atom. The molecule has 15 heavy (non-hydrogen) atoms. The average Bonchev–Trinajstić information content (AvgIpc) is 2.51. The van der Waals surface area contributed by atoms with Gasteiger partial charge in [-0.1, -0.05) is 6.92 Å². The summed E-state index contributed by atoms with van der Waals surface area (Å²) in [6.07, 6.45) is 1.25. The number of nitrogens with zero attached hydrogens (tertiary/aromatic N) is 1. The van der Waals surface area contributed by atoms with Crippen LogP contribution in [0.25, 0.3) is 0 Å². The molecule has 1 rings (SSSR count). The third-order valence-corrected chi connectivity index (χ3v) is 4.05. The highest BCUT2D eigenvalue weighted by atomic mass is 32.2. The Morgan fingerprint density at radius 1 is 1.40 bits per heavy atom. The molecule has 0 aromatic carbocycles. The molecule has 0 fully saturated rings. The van der Waals surface area contributed by atoms with Crippen molar-refractivity contribution in [2.45, 2.75) is 33.7 Å². The fourth-order valence-corrected chi connectivity index (χ4v) is 2.86. The van der Waals surface area contributed by atoms with E-state index in [-0.39, 0.29) is 0 Å². The topological polar surface area (TPSA) is 24.9 Å². The minimum Gasteiger partial charge on any atom is -0.311 e. The zero-order chi connectivity index (χ0) is 11.1. The number of hydrogen-bond donors (Lipinski definition) is 1. The van der Waals surface area contributed by atoms with E-state index in [1.165, 1.54) is 33.5 Å². The lowest BCUT2D eigenvalue weighted by Gasteiger charge is -2.02. The molecule has 0 spiro atoms. The van der Waals surface area contributed by atoms with E-state index in [0.29, 0.717) is 0 Å². The molecule has 0 atom stereocenters. The maximum absolute atomic E-state index is 4.49. The van der Waals surface area contributed by atoms with Gasteiger partial charge in [0.2, 0.25) is 0 Å². The summed E-state index contributed by atoms with van der Waals surface area (Å²) in [5.74, 6) is 2.49. The Hall–Kier alpha value is -0.0600.